The van der Waals surface area contributed by atoms with Gasteiger partial charge in [-0.05, 0) is 24.6 Å². The number of rotatable bonds is 6. The average Bonchev–Trinajstić information content (AvgIpc) is 2.45. The zero-order valence-electron chi connectivity index (χ0n) is 11.9. The smallest absolute Gasteiger partial charge is 0.311 e. The summed E-state index contributed by atoms with van der Waals surface area (Å²) in [5, 5.41) is 8.60. The first-order valence-electron chi connectivity index (χ1n) is 5.93. The number of esters is 1. The van der Waals surface area contributed by atoms with Crippen molar-refractivity contribution < 1.29 is 23.7 Å². The van der Waals surface area contributed by atoms with Crippen molar-refractivity contribution in [2.24, 2.45) is 0 Å². The Balaban J connectivity index is 2.97. The molecule has 0 unspecified atom stereocenters. The Morgan fingerprint density at radius 3 is 2.15 bits per heavy atom. The lowest BCUT2D eigenvalue weighted by molar-refractivity contribution is -0.145. The summed E-state index contributed by atoms with van der Waals surface area (Å²) in [6, 6.07) is 5.17. The third-order valence-electron chi connectivity index (χ3n) is 2.56. The number of hydrogen-bond donors (Lipinski definition) is 0. The second-order valence-corrected chi connectivity index (χ2v) is 3.97. The van der Waals surface area contributed by atoms with E-state index in [1.165, 1.54) is 28.3 Å². The van der Waals surface area contributed by atoms with E-state index in [0.29, 0.717) is 22.8 Å². The van der Waals surface area contributed by atoms with Crippen molar-refractivity contribution in [1.29, 1.82) is 5.26 Å². The van der Waals surface area contributed by atoms with Crippen molar-refractivity contribution >= 4 is 5.97 Å². The van der Waals surface area contributed by atoms with Crippen LogP contribution in [0.2, 0.25) is 0 Å². The molecule has 1 aromatic carbocycles. The molecule has 0 saturated carbocycles. The monoisotopic (exact) mass is 279 g/mol. The second kappa shape index (κ2) is 7.24. The molecule has 0 saturated heterocycles. The van der Waals surface area contributed by atoms with Crippen LogP contribution in [-0.4, -0.2) is 33.4 Å². The molecule has 1 rings (SSSR count). The van der Waals surface area contributed by atoms with E-state index in [1.54, 1.807) is 12.1 Å². The molecule has 1 aromatic rings. The molecule has 0 aromatic heterocycles. The van der Waals surface area contributed by atoms with Gasteiger partial charge in [-0.2, -0.15) is 5.26 Å². The Kier molecular flexibility index (Phi) is 5.66. The van der Waals surface area contributed by atoms with Crippen molar-refractivity contribution in [1.82, 2.24) is 0 Å². The molecule has 0 fully saturated rings. The largest absolute Gasteiger partial charge is 0.493 e. The maximum atomic E-state index is 11.6. The number of benzene rings is 1. The van der Waals surface area contributed by atoms with Gasteiger partial charge in [0.15, 0.2) is 17.6 Å². The predicted octanol–water partition coefficient (Wildman–Crippen LogP) is 1.71. The van der Waals surface area contributed by atoms with Crippen LogP contribution in [0.15, 0.2) is 12.1 Å². The molecule has 0 heterocycles. The zero-order chi connectivity index (χ0) is 15.1. The summed E-state index contributed by atoms with van der Waals surface area (Å²) >= 11 is 0. The molecule has 6 heteroatoms. The van der Waals surface area contributed by atoms with Crippen LogP contribution < -0.4 is 14.2 Å². The van der Waals surface area contributed by atoms with Crippen molar-refractivity contribution in [3.05, 3.63) is 17.7 Å². The van der Waals surface area contributed by atoms with Crippen LogP contribution in [0.4, 0.5) is 0 Å². The summed E-state index contributed by atoms with van der Waals surface area (Å²) in [7, 11) is 4.50. The molecule has 20 heavy (non-hydrogen) atoms. The highest BCUT2D eigenvalue weighted by Crippen LogP contribution is 2.38. The minimum Gasteiger partial charge on any atom is -0.493 e. The minimum absolute atomic E-state index is 0.0166. The lowest BCUT2D eigenvalue weighted by Crippen LogP contribution is -2.15. The van der Waals surface area contributed by atoms with Crippen molar-refractivity contribution in [3.63, 3.8) is 0 Å². The Morgan fingerprint density at radius 1 is 1.20 bits per heavy atom. The summed E-state index contributed by atoms with van der Waals surface area (Å²) in [5.74, 6) is 0.886. The van der Waals surface area contributed by atoms with Gasteiger partial charge >= 0.3 is 5.97 Å². The highest BCUT2D eigenvalue weighted by molar-refractivity contribution is 5.74. The van der Waals surface area contributed by atoms with E-state index in [1.807, 2.05) is 6.07 Å². The molecule has 0 amide bonds. The molecule has 0 N–H and O–H groups in total. The average molecular weight is 279 g/mol. The molecule has 6 nitrogen and oxygen atoms in total. The van der Waals surface area contributed by atoms with E-state index in [4.69, 9.17) is 24.2 Å². The minimum atomic E-state index is -0.774. The lowest BCUT2D eigenvalue weighted by atomic mass is 10.1. The number of ether oxygens (including phenoxy) is 4. The summed E-state index contributed by atoms with van der Waals surface area (Å²) < 4.78 is 20.5. The number of carbonyl (C=O) groups excluding carboxylic acids is 1. The van der Waals surface area contributed by atoms with Crippen LogP contribution in [0.5, 0.6) is 17.2 Å². The highest BCUT2D eigenvalue weighted by atomic mass is 16.5. The van der Waals surface area contributed by atoms with E-state index >= 15 is 0 Å². The van der Waals surface area contributed by atoms with Gasteiger partial charge in [-0.15, -0.1) is 0 Å². The standard InChI is InChI=1S/C14H17NO5/c1-9(8-15)20-13(16)7-10-5-11(17-2)14(19-4)12(6-10)18-3/h5-6,9H,7H2,1-4H3/t9-/m0/s1. The quantitative estimate of drug-likeness (QED) is 0.738. The van der Waals surface area contributed by atoms with Gasteiger partial charge < -0.3 is 18.9 Å². The van der Waals surface area contributed by atoms with E-state index in [-0.39, 0.29) is 6.42 Å². The van der Waals surface area contributed by atoms with Crippen LogP contribution in [0, 0.1) is 11.3 Å². The topological polar surface area (TPSA) is 77.8 Å². The van der Waals surface area contributed by atoms with Gasteiger partial charge in [0, 0.05) is 0 Å². The van der Waals surface area contributed by atoms with Crippen molar-refractivity contribution in [2.45, 2.75) is 19.4 Å². The summed E-state index contributed by atoms with van der Waals surface area (Å²) in [6.07, 6.45) is -0.757. The molecule has 0 aliphatic heterocycles. The van der Waals surface area contributed by atoms with Crippen molar-refractivity contribution in [3.8, 4) is 23.3 Å². The van der Waals surface area contributed by atoms with Gasteiger partial charge in [-0.25, -0.2) is 0 Å². The van der Waals surface area contributed by atoms with Gasteiger partial charge in [-0.3, -0.25) is 4.79 Å². The normalized spacial score (nSPS) is 11.2. The van der Waals surface area contributed by atoms with Crippen LogP contribution in [0.1, 0.15) is 12.5 Å². The molecule has 1 atom stereocenters. The van der Waals surface area contributed by atoms with E-state index in [0.717, 1.165) is 0 Å². The molecular weight excluding hydrogens is 262 g/mol. The van der Waals surface area contributed by atoms with E-state index in [2.05, 4.69) is 0 Å². The number of nitriles is 1. The first-order valence-corrected chi connectivity index (χ1v) is 5.93. The number of carbonyl (C=O) groups is 1. The first kappa shape index (κ1) is 15.6. The SMILES string of the molecule is COc1cc(CC(=O)O[C@@H](C)C#N)cc(OC)c1OC. The van der Waals surface area contributed by atoms with Crippen molar-refractivity contribution in [2.75, 3.05) is 21.3 Å². The molecule has 108 valence electrons. The molecule has 0 bridgehead atoms. The van der Waals surface area contributed by atoms with Gasteiger partial charge in [0.25, 0.3) is 0 Å². The fourth-order valence-electron chi connectivity index (χ4n) is 1.67. The molecule has 0 radical (unpaired) electrons. The zero-order valence-corrected chi connectivity index (χ0v) is 11.9. The highest BCUT2D eigenvalue weighted by Gasteiger charge is 2.16. The Morgan fingerprint density at radius 2 is 1.75 bits per heavy atom. The third-order valence-corrected chi connectivity index (χ3v) is 2.56. The summed E-state index contributed by atoms with van der Waals surface area (Å²) in [4.78, 5) is 11.6. The third kappa shape index (κ3) is 3.79. The Labute approximate surface area is 117 Å². The summed E-state index contributed by atoms with van der Waals surface area (Å²) in [6.45, 7) is 1.51. The first-order chi connectivity index (χ1) is 9.55. The molecular formula is C14H17NO5. The molecule has 0 aliphatic rings. The van der Waals surface area contributed by atoms with Gasteiger partial charge in [-0.1, -0.05) is 0 Å². The lowest BCUT2D eigenvalue weighted by Gasteiger charge is -2.14. The maximum Gasteiger partial charge on any atom is 0.311 e. The number of methoxy groups -OCH3 is 3. The van der Waals surface area contributed by atoms with Crippen LogP contribution in [0.3, 0.4) is 0 Å². The maximum absolute atomic E-state index is 11.6. The van der Waals surface area contributed by atoms with E-state index < -0.39 is 12.1 Å². The van der Waals surface area contributed by atoms with Gasteiger partial charge in [0.2, 0.25) is 5.75 Å². The van der Waals surface area contributed by atoms with Gasteiger partial charge in [0.1, 0.15) is 6.07 Å². The second-order valence-electron chi connectivity index (χ2n) is 3.97. The van der Waals surface area contributed by atoms with Gasteiger partial charge in [0.05, 0.1) is 27.8 Å². The van der Waals surface area contributed by atoms with E-state index in [9.17, 15) is 4.79 Å². The van der Waals surface area contributed by atoms with Crippen LogP contribution >= 0.6 is 0 Å². The van der Waals surface area contributed by atoms with Crippen LogP contribution in [-0.2, 0) is 16.0 Å². The fraction of sp³-hybridized carbons (Fsp3) is 0.429. The summed E-state index contributed by atoms with van der Waals surface area (Å²) in [5.41, 5.74) is 0.648. The Hall–Kier alpha value is -2.42. The predicted molar refractivity (Wildman–Crippen MR) is 71.0 cm³/mol. The van der Waals surface area contributed by atoms with Crippen LogP contribution in [0.25, 0.3) is 0 Å². The Bertz CT molecular complexity index is 496. The number of hydrogen-bond acceptors (Lipinski definition) is 6. The molecule has 0 spiro atoms. The fourth-order valence-corrected chi connectivity index (χ4v) is 1.67. The number of nitrogens with zero attached hydrogens (tertiary/aromatic N) is 1. The molecule has 0 aliphatic carbocycles.